The molecule has 0 bridgehead atoms. The summed E-state index contributed by atoms with van der Waals surface area (Å²) in [4.78, 5) is 0. The molecule has 0 radical (unpaired) electrons. The lowest BCUT2D eigenvalue weighted by molar-refractivity contribution is 0.513. The van der Waals surface area contributed by atoms with Crippen LogP contribution in [0.1, 0.15) is 42.7 Å². The summed E-state index contributed by atoms with van der Waals surface area (Å²) in [5.74, 6) is 0. The summed E-state index contributed by atoms with van der Waals surface area (Å²) in [7, 11) is 0. The van der Waals surface area contributed by atoms with Crippen molar-refractivity contribution in [2.75, 3.05) is 6.54 Å². The Bertz CT molecular complexity index is 247. The molecule has 4 heteroatoms. The predicted octanol–water partition coefficient (Wildman–Crippen LogP) is 2.30. The molecule has 1 rings (SSSR count). The van der Waals surface area contributed by atoms with E-state index in [1.807, 2.05) is 6.92 Å². The van der Waals surface area contributed by atoms with Crippen LogP contribution in [0.4, 0.5) is 0 Å². The van der Waals surface area contributed by atoms with Gasteiger partial charge < -0.3 is 5.32 Å². The molecule has 0 fully saturated rings. The molecule has 0 aliphatic carbocycles. The van der Waals surface area contributed by atoms with E-state index < -0.39 is 0 Å². The van der Waals surface area contributed by atoms with Crippen LogP contribution < -0.4 is 5.32 Å². The van der Waals surface area contributed by atoms with Crippen molar-refractivity contribution in [2.24, 2.45) is 0 Å². The minimum atomic E-state index is 0.395. The maximum Gasteiger partial charge on any atom is 0.134 e. The van der Waals surface area contributed by atoms with Gasteiger partial charge in [0.05, 0.1) is 6.04 Å². The Morgan fingerprint density at radius 3 is 2.62 bits per heavy atom. The summed E-state index contributed by atoms with van der Waals surface area (Å²) in [6.45, 7) is 7.39. The first-order valence-corrected chi connectivity index (χ1v) is 5.63. The minimum absolute atomic E-state index is 0.395. The summed E-state index contributed by atoms with van der Waals surface area (Å²) in [5, 5.41) is 13.8. The van der Waals surface area contributed by atoms with Gasteiger partial charge in [-0.05, 0) is 26.3 Å². The van der Waals surface area contributed by atoms with Crippen molar-refractivity contribution in [1.82, 2.24) is 15.5 Å². The monoisotopic (exact) mass is 199 g/mol. The molecule has 1 heterocycles. The summed E-state index contributed by atoms with van der Waals surface area (Å²) in [6.07, 6.45) is 2.24. The summed E-state index contributed by atoms with van der Waals surface area (Å²) in [5.41, 5.74) is 0. The van der Waals surface area contributed by atoms with Crippen molar-refractivity contribution in [2.45, 2.75) is 39.7 Å². The molecular formula is C9H17N3S. The highest BCUT2D eigenvalue weighted by Gasteiger charge is 2.12. The lowest BCUT2D eigenvalue weighted by atomic mass is 10.2. The largest absolute Gasteiger partial charge is 0.308 e. The number of aromatic nitrogens is 2. The highest BCUT2D eigenvalue weighted by Crippen LogP contribution is 2.19. The van der Waals surface area contributed by atoms with Gasteiger partial charge in [-0.2, -0.15) is 0 Å². The third-order valence-corrected chi connectivity index (χ3v) is 2.84. The SMILES string of the molecule is CCCNC(CC)c1nnc(C)s1. The first-order valence-electron chi connectivity index (χ1n) is 4.81. The van der Waals surface area contributed by atoms with Crippen LogP contribution in [0.15, 0.2) is 0 Å². The third kappa shape index (κ3) is 3.04. The van der Waals surface area contributed by atoms with E-state index >= 15 is 0 Å². The molecule has 1 aromatic rings. The van der Waals surface area contributed by atoms with Crippen LogP contribution in [0.3, 0.4) is 0 Å². The molecule has 3 nitrogen and oxygen atoms in total. The maximum absolute atomic E-state index is 4.15. The van der Waals surface area contributed by atoms with Gasteiger partial charge in [-0.25, -0.2) is 0 Å². The zero-order valence-corrected chi connectivity index (χ0v) is 9.32. The lowest BCUT2D eigenvalue weighted by Crippen LogP contribution is -2.21. The van der Waals surface area contributed by atoms with Gasteiger partial charge in [-0.3, -0.25) is 0 Å². The Balaban J connectivity index is 2.56. The second-order valence-corrected chi connectivity index (χ2v) is 4.29. The molecular weight excluding hydrogens is 182 g/mol. The molecule has 0 aliphatic heterocycles. The van der Waals surface area contributed by atoms with Crippen LogP contribution in [-0.4, -0.2) is 16.7 Å². The molecule has 0 aromatic carbocycles. The van der Waals surface area contributed by atoms with Crippen molar-refractivity contribution in [1.29, 1.82) is 0 Å². The van der Waals surface area contributed by atoms with Crippen LogP contribution in [0.2, 0.25) is 0 Å². The highest BCUT2D eigenvalue weighted by atomic mass is 32.1. The summed E-state index contributed by atoms with van der Waals surface area (Å²) >= 11 is 1.69. The molecule has 1 N–H and O–H groups in total. The second kappa shape index (κ2) is 5.29. The van der Waals surface area contributed by atoms with Gasteiger partial charge >= 0.3 is 0 Å². The van der Waals surface area contributed by atoms with Crippen molar-refractivity contribution in [3.05, 3.63) is 10.0 Å². The number of hydrogen-bond acceptors (Lipinski definition) is 4. The van der Waals surface area contributed by atoms with Crippen LogP contribution in [-0.2, 0) is 0 Å². The summed E-state index contributed by atoms with van der Waals surface area (Å²) < 4.78 is 0. The highest BCUT2D eigenvalue weighted by molar-refractivity contribution is 7.11. The molecule has 74 valence electrons. The molecule has 0 aliphatic rings. The smallest absolute Gasteiger partial charge is 0.134 e. The Labute approximate surface area is 83.6 Å². The molecule has 13 heavy (non-hydrogen) atoms. The van der Waals surface area contributed by atoms with Gasteiger partial charge in [0.15, 0.2) is 0 Å². The molecule has 0 amide bonds. The van der Waals surface area contributed by atoms with E-state index in [-0.39, 0.29) is 0 Å². The Kier molecular flexibility index (Phi) is 4.32. The Morgan fingerprint density at radius 2 is 2.15 bits per heavy atom. The maximum atomic E-state index is 4.15. The lowest BCUT2D eigenvalue weighted by Gasteiger charge is -2.12. The normalized spacial score (nSPS) is 13.2. The van der Waals surface area contributed by atoms with Crippen LogP contribution in [0.5, 0.6) is 0 Å². The quantitative estimate of drug-likeness (QED) is 0.790. The number of aryl methyl sites for hydroxylation is 1. The average molecular weight is 199 g/mol. The molecule has 1 aromatic heterocycles. The van der Waals surface area contributed by atoms with Gasteiger partial charge in [0, 0.05) is 0 Å². The van der Waals surface area contributed by atoms with Crippen molar-refractivity contribution >= 4 is 11.3 Å². The van der Waals surface area contributed by atoms with Gasteiger partial charge in [0.25, 0.3) is 0 Å². The van der Waals surface area contributed by atoms with Gasteiger partial charge in [0.2, 0.25) is 0 Å². The third-order valence-electron chi connectivity index (χ3n) is 1.89. The molecule has 0 saturated carbocycles. The Morgan fingerprint density at radius 1 is 1.38 bits per heavy atom. The van der Waals surface area contributed by atoms with E-state index in [9.17, 15) is 0 Å². The van der Waals surface area contributed by atoms with E-state index in [0.717, 1.165) is 29.4 Å². The zero-order valence-electron chi connectivity index (χ0n) is 8.50. The topological polar surface area (TPSA) is 37.8 Å². The molecule has 1 atom stereocenters. The van der Waals surface area contributed by atoms with Crippen molar-refractivity contribution in [3.63, 3.8) is 0 Å². The summed E-state index contributed by atoms with van der Waals surface area (Å²) in [6, 6.07) is 0.395. The van der Waals surface area contributed by atoms with Crippen LogP contribution in [0.25, 0.3) is 0 Å². The number of hydrogen-bond donors (Lipinski definition) is 1. The number of nitrogens with one attached hydrogen (secondary N) is 1. The van der Waals surface area contributed by atoms with Gasteiger partial charge in [-0.1, -0.05) is 13.8 Å². The van der Waals surface area contributed by atoms with Crippen LogP contribution >= 0.6 is 11.3 Å². The molecule has 0 saturated heterocycles. The fourth-order valence-electron chi connectivity index (χ4n) is 1.18. The molecule has 0 spiro atoms. The van der Waals surface area contributed by atoms with E-state index in [0.29, 0.717) is 6.04 Å². The van der Waals surface area contributed by atoms with E-state index in [2.05, 4.69) is 29.4 Å². The van der Waals surface area contributed by atoms with Gasteiger partial charge in [-0.15, -0.1) is 21.5 Å². The van der Waals surface area contributed by atoms with Crippen LogP contribution in [0, 0.1) is 6.92 Å². The van der Waals surface area contributed by atoms with E-state index in [1.54, 1.807) is 11.3 Å². The second-order valence-electron chi connectivity index (χ2n) is 3.07. The van der Waals surface area contributed by atoms with Gasteiger partial charge in [0.1, 0.15) is 10.0 Å². The first-order chi connectivity index (χ1) is 6.27. The van der Waals surface area contributed by atoms with Crippen molar-refractivity contribution < 1.29 is 0 Å². The van der Waals surface area contributed by atoms with Crippen molar-refractivity contribution in [3.8, 4) is 0 Å². The fraction of sp³-hybridized carbons (Fsp3) is 0.778. The average Bonchev–Trinajstić information content (AvgIpc) is 2.54. The number of rotatable bonds is 5. The van der Waals surface area contributed by atoms with E-state index in [4.69, 9.17) is 0 Å². The fourth-order valence-corrected chi connectivity index (χ4v) is 2.04. The Hall–Kier alpha value is -0.480. The predicted molar refractivity (Wildman–Crippen MR) is 56.0 cm³/mol. The minimum Gasteiger partial charge on any atom is -0.308 e. The molecule has 1 unspecified atom stereocenters. The van der Waals surface area contributed by atoms with E-state index in [1.165, 1.54) is 0 Å². The number of nitrogens with zero attached hydrogens (tertiary/aromatic N) is 2. The first kappa shape index (κ1) is 10.6. The zero-order chi connectivity index (χ0) is 9.68. The standard InChI is InChI=1S/C9H17N3S/c1-4-6-10-8(5-2)9-12-11-7(3)13-9/h8,10H,4-6H2,1-3H3.